The summed E-state index contributed by atoms with van der Waals surface area (Å²) in [5.41, 5.74) is 0.745. The molecule has 0 radical (unpaired) electrons. The van der Waals surface area contributed by atoms with Crippen molar-refractivity contribution in [2.75, 3.05) is 0 Å². The lowest BCUT2D eigenvalue weighted by Crippen LogP contribution is -2.27. The maximum absolute atomic E-state index is 2.45. The lowest BCUT2D eigenvalue weighted by Gasteiger charge is -2.40. The van der Waals surface area contributed by atoms with Crippen molar-refractivity contribution in [2.24, 2.45) is 11.3 Å². The van der Waals surface area contributed by atoms with Crippen molar-refractivity contribution in [1.29, 1.82) is 0 Å². The highest BCUT2D eigenvalue weighted by Gasteiger charge is 2.32. The third-order valence-electron chi connectivity index (χ3n) is 3.10. The van der Waals surface area contributed by atoms with Crippen molar-refractivity contribution in [1.82, 2.24) is 0 Å². The molecular weight excluding hydrogens is 120 g/mol. The van der Waals surface area contributed by atoms with Crippen LogP contribution < -0.4 is 0 Å². The molecule has 0 saturated heterocycles. The zero-order valence-electron chi connectivity index (χ0n) is 7.61. The Hall–Kier alpha value is 0. The summed E-state index contributed by atoms with van der Waals surface area (Å²) in [6.45, 7) is 7.12. The van der Waals surface area contributed by atoms with Gasteiger partial charge in [0.25, 0.3) is 0 Å². The van der Waals surface area contributed by atoms with Gasteiger partial charge < -0.3 is 0 Å². The van der Waals surface area contributed by atoms with E-state index in [0.29, 0.717) is 0 Å². The minimum atomic E-state index is 0.745. The van der Waals surface area contributed by atoms with Gasteiger partial charge in [-0.1, -0.05) is 33.6 Å². The van der Waals surface area contributed by atoms with E-state index in [0.717, 1.165) is 11.3 Å². The van der Waals surface area contributed by atoms with Crippen molar-refractivity contribution in [3.05, 3.63) is 0 Å². The second-order valence-corrected chi connectivity index (χ2v) is 4.38. The van der Waals surface area contributed by atoms with Crippen molar-refractivity contribution < 1.29 is 0 Å². The van der Waals surface area contributed by atoms with Crippen LogP contribution in [0.5, 0.6) is 0 Å². The van der Waals surface area contributed by atoms with Crippen LogP contribution in [-0.2, 0) is 0 Å². The van der Waals surface area contributed by atoms with Gasteiger partial charge in [0.15, 0.2) is 0 Å². The molecule has 0 spiro atoms. The Kier molecular flexibility index (Phi) is 2.38. The molecule has 0 aromatic rings. The molecule has 0 aromatic carbocycles. The van der Waals surface area contributed by atoms with Gasteiger partial charge in [0.2, 0.25) is 0 Å². The summed E-state index contributed by atoms with van der Waals surface area (Å²) in [5.74, 6) is 0.949. The molecule has 60 valence electrons. The van der Waals surface area contributed by atoms with E-state index in [4.69, 9.17) is 0 Å². The molecule has 0 nitrogen and oxygen atoms in total. The third-order valence-corrected chi connectivity index (χ3v) is 3.10. The first-order valence-electron chi connectivity index (χ1n) is 4.66. The number of hydrogen-bond donors (Lipinski definition) is 0. The smallest absolute Gasteiger partial charge is 0.0323 e. The maximum Gasteiger partial charge on any atom is -0.0323 e. The molecule has 1 rings (SSSR count). The highest BCUT2D eigenvalue weighted by atomic mass is 14.4. The number of rotatable bonds is 3. The van der Waals surface area contributed by atoms with Gasteiger partial charge in [-0.15, -0.1) is 0 Å². The van der Waals surface area contributed by atoms with E-state index in [2.05, 4.69) is 20.8 Å². The molecule has 1 aliphatic rings. The highest BCUT2D eigenvalue weighted by Crippen LogP contribution is 2.45. The first-order chi connectivity index (χ1) is 4.66. The Morgan fingerprint density at radius 3 is 2.30 bits per heavy atom. The van der Waals surface area contributed by atoms with Gasteiger partial charge in [-0.2, -0.15) is 0 Å². The minimum Gasteiger partial charge on any atom is -0.0651 e. The normalized spacial score (nSPS) is 25.5. The summed E-state index contributed by atoms with van der Waals surface area (Å²) >= 11 is 0. The molecule has 1 unspecified atom stereocenters. The van der Waals surface area contributed by atoms with Crippen LogP contribution in [0.15, 0.2) is 0 Å². The Balaban J connectivity index is 2.22. The predicted molar refractivity (Wildman–Crippen MR) is 46.0 cm³/mol. The molecule has 0 amide bonds. The second-order valence-electron chi connectivity index (χ2n) is 4.38. The van der Waals surface area contributed by atoms with E-state index in [1.165, 1.54) is 32.1 Å². The Morgan fingerprint density at radius 2 is 2.00 bits per heavy atom. The van der Waals surface area contributed by atoms with Crippen molar-refractivity contribution >= 4 is 0 Å². The lowest BCUT2D eigenvalue weighted by atomic mass is 9.66. The minimum absolute atomic E-state index is 0.745. The zero-order valence-corrected chi connectivity index (χ0v) is 7.61. The summed E-state index contributed by atoms with van der Waals surface area (Å²) in [7, 11) is 0. The highest BCUT2D eigenvalue weighted by molar-refractivity contribution is 4.84. The molecule has 10 heavy (non-hydrogen) atoms. The number of hydrogen-bond acceptors (Lipinski definition) is 0. The monoisotopic (exact) mass is 140 g/mol. The van der Waals surface area contributed by atoms with Gasteiger partial charge in [-0.3, -0.25) is 0 Å². The molecular formula is C10H20. The van der Waals surface area contributed by atoms with Crippen LogP contribution in [0.4, 0.5) is 0 Å². The van der Waals surface area contributed by atoms with Crippen LogP contribution >= 0.6 is 0 Å². The van der Waals surface area contributed by atoms with E-state index in [1.54, 1.807) is 0 Å². The molecule has 1 atom stereocenters. The largest absolute Gasteiger partial charge is 0.0651 e. The van der Waals surface area contributed by atoms with Gasteiger partial charge in [-0.05, 0) is 30.6 Å². The van der Waals surface area contributed by atoms with E-state index in [1.807, 2.05) is 0 Å². The Bertz CT molecular complexity index is 101. The zero-order chi connectivity index (χ0) is 7.61. The fraction of sp³-hybridized carbons (Fsp3) is 1.00. The van der Waals surface area contributed by atoms with Gasteiger partial charge in [-0.25, -0.2) is 0 Å². The summed E-state index contributed by atoms with van der Waals surface area (Å²) in [6, 6.07) is 0. The second kappa shape index (κ2) is 2.94. The standard InChI is InChI=1S/C10H20/c1-4-9(2)8-10(3)6-5-7-10/h9H,4-8H2,1-3H3. The Labute approximate surface area is 65.0 Å². The SMILES string of the molecule is CCC(C)CC1(C)CCC1. The molecule has 0 aliphatic heterocycles. The molecule has 0 heterocycles. The Morgan fingerprint density at radius 1 is 1.40 bits per heavy atom. The van der Waals surface area contributed by atoms with Gasteiger partial charge >= 0.3 is 0 Å². The molecule has 0 aromatic heterocycles. The van der Waals surface area contributed by atoms with E-state index >= 15 is 0 Å². The maximum atomic E-state index is 2.45. The van der Waals surface area contributed by atoms with Crippen LogP contribution in [0.1, 0.15) is 52.9 Å². The molecule has 1 saturated carbocycles. The molecule has 0 bridgehead atoms. The van der Waals surface area contributed by atoms with Crippen molar-refractivity contribution in [3.63, 3.8) is 0 Å². The van der Waals surface area contributed by atoms with Crippen LogP contribution in [0.2, 0.25) is 0 Å². The summed E-state index contributed by atoms with van der Waals surface area (Å²) in [4.78, 5) is 0. The fourth-order valence-corrected chi connectivity index (χ4v) is 1.97. The third kappa shape index (κ3) is 1.74. The van der Waals surface area contributed by atoms with E-state index < -0.39 is 0 Å². The first-order valence-corrected chi connectivity index (χ1v) is 4.66. The topological polar surface area (TPSA) is 0 Å². The van der Waals surface area contributed by atoms with Crippen LogP contribution in [0.25, 0.3) is 0 Å². The summed E-state index contributed by atoms with van der Waals surface area (Å²) in [5, 5.41) is 0. The predicted octanol–water partition coefficient (Wildman–Crippen LogP) is 3.61. The average Bonchev–Trinajstić information content (AvgIpc) is 1.84. The molecule has 1 fully saturated rings. The molecule has 1 aliphatic carbocycles. The van der Waals surface area contributed by atoms with Gasteiger partial charge in [0.05, 0.1) is 0 Å². The first kappa shape index (κ1) is 8.10. The van der Waals surface area contributed by atoms with Gasteiger partial charge in [0.1, 0.15) is 0 Å². The fourth-order valence-electron chi connectivity index (χ4n) is 1.97. The average molecular weight is 140 g/mol. The van der Waals surface area contributed by atoms with Gasteiger partial charge in [0, 0.05) is 0 Å². The molecule has 0 heteroatoms. The lowest BCUT2D eigenvalue weighted by molar-refractivity contribution is 0.120. The van der Waals surface area contributed by atoms with Crippen molar-refractivity contribution in [3.8, 4) is 0 Å². The van der Waals surface area contributed by atoms with Crippen LogP contribution in [0, 0.1) is 11.3 Å². The van der Waals surface area contributed by atoms with Crippen LogP contribution in [0.3, 0.4) is 0 Å². The van der Waals surface area contributed by atoms with E-state index in [9.17, 15) is 0 Å². The summed E-state index contributed by atoms with van der Waals surface area (Å²) < 4.78 is 0. The van der Waals surface area contributed by atoms with E-state index in [-0.39, 0.29) is 0 Å². The quantitative estimate of drug-likeness (QED) is 0.561. The van der Waals surface area contributed by atoms with Crippen molar-refractivity contribution in [2.45, 2.75) is 52.9 Å². The molecule has 0 N–H and O–H groups in total. The summed E-state index contributed by atoms with van der Waals surface area (Å²) in [6.07, 6.45) is 7.26. The van der Waals surface area contributed by atoms with Crippen LogP contribution in [-0.4, -0.2) is 0 Å².